The van der Waals surface area contributed by atoms with Crippen LogP contribution in [0.1, 0.15) is 18.4 Å². The fourth-order valence-electron chi connectivity index (χ4n) is 3.28. The Morgan fingerprint density at radius 1 is 1.19 bits per heavy atom. The second kappa shape index (κ2) is 8.52. The monoisotopic (exact) mass is 376 g/mol. The standard InChI is InChI=1S/C20H23ClFN3O/c1-24(13-17-18(21)5-4-6-19(17)22)14-20(26)23-15-7-9-16(10-8-15)25-11-2-3-12-25/h4-10H,2-3,11-14H2,1H3,(H,23,26)/p+1. The molecule has 1 aliphatic heterocycles. The van der Waals surface area contributed by atoms with E-state index in [4.69, 9.17) is 11.6 Å². The molecule has 1 unspecified atom stereocenters. The largest absolute Gasteiger partial charge is 0.372 e. The third kappa shape index (κ3) is 4.74. The first-order chi connectivity index (χ1) is 12.5. The number of amides is 1. The number of carbonyl (C=O) groups is 1. The van der Waals surface area contributed by atoms with Crippen molar-refractivity contribution in [2.24, 2.45) is 0 Å². The highest BCUT2D eigenvalue weighted by Gasteiger charge is 2.16. The van der Waals surface area contributed by atoms with Crippen LogP contribution in [0.4, 0.5) is 15.8 Å². The highest BCUT2D eigenvalue weighted by Crippen LogP contribution is 2.22. The maximum atomic E-state index is 13.9. The summed E-state index contributed by atoms with van der Waals surface area (Å²) >= 11 is 6.05. The lowest BCUT2D eigenvalue weighted by atomic mass is 10.2. The van der Waals surface area contributed by atoms with E-state index in [1.807, 2.05) is 31.3 Å². The zero-order valence-corrected chi connectivity index (χ0v) is 15.7. The van der Waals surface area contributed by atoms with Gasteiger partial charge in [0, 0.05) is 24.5 Å². The first kappa shape index (κ1) is 18.7. The van der Waals surface area contributed by atoms with Gasteiger partial charge in [-0.05, 0) is 49.2 Å². The summed E-state index contributed by atoms with van der Waals surface area (Å²) in [7, 11) is 1.85. The Kier molecular flexibility index (Phi) is 6.12. The molecule has 0 aromatic heterocycles. The number of halogens is 2. The first-order valence-corrected chi connectivity index (χ1v) is 9.30. The van der Waals surface area contributed by atoms with E-state index < -0.39 is 0 Å². The van der Waals surface area contributed by atoms with E-state index in [0.29, 0.717) is 17.1 Å². The SMILES string of the molecule is C[NH+](CC(=O)Nc1ccc(N2CCCC2)cc1)Cc1c(F)cccc1Cl. The molecular weight excluding hydrogens is 353 g/mol. The number of hydrogen-bond acceptors (Lipinski definition) is 2. The molecule has 0 bridgehead atoms. The fraction of sp³-hybridized carbons (Fsp3) is 0.350. The molecule has 2 aromatic rings. The molecule has 2 N–H and O–H groups in total. The predicted octanol–water partition coefficient (Wildman–Crippen LogP) is 2.73. The van der Waals surface area contributed by atoms with Gasteiger partial charge in [-0.1, -0.05) is 17.7 Å². The third-order valence-corrected chi connectivity index (χ3v) is 4.98. The molecular formula is C20H24ClFN3O+. The van der Waals surface area contributed by atoms with Crippen molar-refractivity contribution in [2.75, 3.05) is 36.9 Å². The van der Waals surface area contributed by atoms with Crippen LogP contribution in [-0.2, 0) is 11.3 Å². The molecule has 0 radical (unpaired) electrons. The van der Waals surface area contributed by atoms with E-state index in [1.165, 1.54) is 24.6 Å². The number of quaternary nitrogens is 1. The quantitative estimate of drug-likeness (QED) is 0.813. The number of carbonyl (C=O) groups excluding carboxylic acids is 1. The summed E-state index contributed by atoms with van der Waals surface area (Å²) in [5, 5.41) is 3.29. The van der Waals surface area contributed by atoms with Gasteiger partial charge in [0.1, 0.15) is 12.4 Å². The molecule has 1 saturated heterocycles. The van der Waals surface area contributed by atoms with E-state index >= 15 is 0 Å². The number of nitrogens with one attached hydrogen (secondary N) is 2. The summed E-state index contributed by atoms with van der Waals surface area (Å²) in [6.45, 7) is 2.78. The average molecular weight is 377 g/mol. The van der Waals surface area contributed by atoms with Gasteiger partial charge >= 0.3 is 0 Å². The molecule has 4 nitrogen and oxygen atoms in total. The Labute approximate surface area is 158 Å². The lowest BCUT2D eigenvalue weighted by molar-refractivity contribution is -0.885. The minimum Gasteiger partial charge on any atom is -0.372 e. The van der Waals surface area contributed by atoms with Crippen molar-refractivity contribution < 1.29 is 14.1 Å². The second-order valence-corrected chi connectivity index (χ2v) is 7.21. The Morgan fingerprint density at radius 2 is 1.88 bits per heavy atom. The van der Waals surface area contributed by atoms with Gasteiger partial charge in [-0.3, -0.25) is 4.79 Å². The normalized spacial score (nSPS) is 15.1. The van der Waals surface area contributed by atoms with E-state index in [2.05, 4.69) is 10.2 Å². The lowest BCUT2D eigenvalue weighted by Gasteiger charge is -2.18. The minimum absolute atomic E-state index is 0.108. The van der Waals surface area contributed by atoms with E-state index in [9.17, 15) is 9.18 Å². The number of benzene rings is 2. The molecule has 138 valence electrons. The maximum Gasteiger partial charge on any atom is 0.279 e. The zero-order valence-electron chi connectivity index (χ0n) is 14.9. The molecule has 3 rings (SSSR count). The molecule has 1 fully saturated rings. The van der Waals surface area contributed by atoms with Gasteiger partial charge in [0.2, 0.25) is 0 Å². The van der Waals surface area contributed by atoms with Crippen molar-refractivity contribution in [2.45, 2.75) is 19.4 Å². The summed E-state index contributed by atoms with van der Waals surface area (Å²) in [4.78, 5) is 15.5. The molecule has 1 amide bonds. The van der Waals surface area contributed by atoms with Gasteiger partial charge in [0.15, 0.2) is 6.54 Å². The van der Waals surface area contributed by atoms with Crippen LogP contribution in [0.5, 0.6) is 0 Å². The Morgan fingerprint density at radius 3 is 2.54 bits per heavy atom. The fourth-order valence-corrected chi connectivity index (χ4v) is 3.51. The topological polar surface area (TPSA) is 36.8 Å². The van der Waals surface area contributed by atoms with Crippen LogP contribution >= 0.6 is 11.6 Å². The van der Waals surface area contributed by atoms with E-state index in [0.717, 1.165) is 23.7 Å². The highest BCUT2D eigenvalue weighted by molar-refractivity contribution is 6.31. The molecule has 0 spiro atoms. The van der Waals surface area contributed by atoms with Crippen LogP contribution in [0.3, 0.4) is 0 Å². The van der Waals surface area contributed by atoms with Crippen LogP contribution in [0.25, 0.3) is 0 Å². The molecule has 1 aliphatic rings. The van der Waals surface area contributed by atoms with Crippen LogP contribution in [0, 0.1) is 5.82 Å². The van der Waals surface area contributed by atoms with Crippen LogP contribution in [0.2, 0.25) is 5.02 Å². The van der Waals surface area contributed by atoms with Gasteiger partial charge in [-0.15, -0.1) is 0 Å². The van der Waals surface area contributed by atoms with Crippen molar-refractivity contribution >= 4 is 28.9 Å². The Bertz CT molecular complexity index is 740. The number of nitrogens with zero attached hydrogens (tertiary/aromatic N) is 1. The molecule has 2 aromatic carbocycles. The molecule has 26 heavy (non-hydrogen) atoms. The number of rotatable bonds is 6. The van der Waals surface area contributed by atoms with Crippen LogP contribution in [0.15, 0.2) is 42.5 Å². The molecule has 1 atom stereocenters. The third-order valence-electron chi connectivity index (χ3n) is 4.62. The zero-order chi connectivity index (χ0) is 18.5. The average Bonchev–Trinajstić information content (AvgIpc) is 3.13. The minimum atomic E-state index is -0.338. The van der Waals surface area contributed by atoms with Crippen molar-refractivity contribution in [3.05, 3.63) is 58.9 Å². The second-order valence-electron chi connectivity index (χ2n) is 6.80. The van der Waals surface area contributed by atoms with Gasteiger partial charge in [-0.2, -0.15) is 0 Å². The van der Waals surface area contributed by atoms with E-state index in [1.54, 1.807) is 12.1 Å². The summed E-state index contributed by atoms with van der Waals surface area (Å²) in [6.07, 6.45) is 2.47. The Balaban J connectivity index is 1.53. The number of anilines is 2. The van der Waals surface area contributed by atoms with Crippen molar-refractivity contribution in [1.82, 2.24) is 0 Å². The maximum absolute atomic E-state index is 13.9. The van der Waals surface area contributed by atoms with Gasteiger partial charge < -0.3 is 15.1 Å². The van der Waals surface area contributed by atoms with Crippen molar-refractivity contribution in [3.63, 3.8) is 0 Å². The van der Waals surface area contributed by atoms with Gasteiger partial charge in [0.05, 0.1) is 17.6 Å². The van der Waals surface area contributed by atoms with Crippen molar-refractivity contribution in [3.8, 4) is 0 Å². The molecule has 0 saturated carbocycles. The predicted molar refractivity (Wildman–Crippen MR) is 103 cm³/mol. The summed E-state index contributed by atoms with van der Waals surface area (Å²) in [5.41, 5.74) is 2.40. The van der Waals surface area contributed by atoms with E-state index in [-0.39, 0.29) is 18.3 Å². The molecule has 6 heteroatoms. The van der Waals surface area contributed by atoms with Crippen LogP contribution < -0.4 is 15.1 Å². The molecule has 1 heterocycles. The number of hydrogen-bond donors (Lipinski definition) is 2. The van der Waals surface area contributed by atoms with Crippen molar-refractivity contribution in [1.29, 1.82) is 0 Å². The molecule has 0 aliphatic carbocycles. The Hall–Kier alpha value is -2.11. The first-order valence-electron chi connectivity index (χ1n) is 8.92. The summed E-state index contributed by atoms with van der Waals surface area (Å²) in [5.74, 6) is -0.446. The lowest BCUT2D eigenvalue weighted by Crippen LogP contribution is -3.08. The summed E-state index contributed by atoms with van der Waals surface area (Å²) in [6, 6.07) is 12.6. The smallest absolute Gasteiger partial charge is 0.279 e. The summed E-state index contributed by atoms with van der Waals surface area (Å²) < 4.78 is 13.9. The number of likely N-dealkylation sites (N-methyl/N-ethyl adjacent to an activating group) is 1. The van der Waals surface area contributed by atoms with Gasteiger partial charge in [-0.25, -0.2) is 4.39 Å². The van der Waals surface area contributed by atoms with Gasteiger partial charge in [0.25, 0.3) is 5.91 Å². The van der Waals surface area contributed by atoms with Crippen LogP contribution in [-0.4, -0.2) is 32.6 Å². The highest BCUT2D eigenvalue weighted by atomic mass is 35.5.